The minimum Gasteiger partial charge on any atom is -0.494 e. The van der Waals surface area contributed by atoms with Gasteiger partial charge >= 0.3 is 0 Å². The van der Waals surface area contributed by atoms with E-state index in [1.165, 1.54) is 0 Å². The number of nitrogens with two attached hydrogens (primary N) is 1. The molecule has 0 bridgehead atoms. The van der Waals surface area contributed by atoms with Gasteiger partial charge in [-0.2, -0.15) is 0 Å². The molecule has 0 saturated carbocycles. The molecule has 0 fully saturated rings. The monoisotopic (exact) mass is 238 g/mol. The summed E-state index contributed by atoms with van der Waals surface area (Å²) in [4.78, 5) is 0. The van der Waals surface area contributed by atoms with E-state index in [0.717, 1.165) is 17.9 Å². The summed E-state index contributed by atoms with van der Waals surface area (Å²) in [7, 11) is 1.69. The first-order chi connectivity index (χ1) is 8.33. The van der Waals surface area contributed by atoms with Crippen molar-refractivity contribution < 1.29 is 9.47 Å². The summed E-state index contributed by atoms with van der Waals surface area (Å²) in [6.45, 7) is 4.62. The number of hydrogen-bond acceptors (Lipinski definition) is 4. The van der Waals surface area contributed by atoms with Gasteiger partial charge < -0.3 is 20.5 Å². The highest BCUT2D eigenvalue weighted by Gasteiger charge is 2.13. The minimum atomic E-state index is 0.105. The molecule has 0 saturated heterocycles. The van der Waals surface area contributed by atoms with Gasteiger partial charge in [-0.3, -0.25) is 0 Å². The second-order valence-corrected chi connectivity index (χ2v) is 3.71. The minimum absolute atomic E-state index is 0.105. The van der Waals surface area contributed by atoms with Crippen molar-refractivity contribution in [2.45, 2.75) is 13.0 Å². The second kappa shape index (κ2) is 8.06. The average molecular weight is 238 g/mol. The lowest BCUT2D eigenvalue weighted by atomic mass is 10.1. The van der Waals surface area contributed by atoms with E-state index >= 15 is 0 Å². The fourth-order valence-corrected chi connectivity index (χ4v) is 1.71. The Kier molecular flexibility index (Phi) is 6.62. The van der Waals surface area contributed by atoms with Gasteiger partial charge in [0.2, 0.25) is 0 Å². The van der Waals surface area contributed by atoms with Gasteiger partial charge in [0.1, 0.15) is 5.75 Å². The van der Waals surface area contributed by atoms with Crippen molar-refractivity contribution in [1.82, 2.24) is 5.32 Å². The van der Waals surface area contributed by atoms with E-state index in [0.29, 0.717) is 19.8 Å². The molecule has 3 N–H and O–H groups in total. The van der Waals surface area contributed by atoms with Crippen molar-refractivity contribution in [3.8, 4) is 5.75 Å². The summed E-state index contributed by atoms with van der Waals surface area (Å²) in [5.74, 6) is 0.898. The molecule has 0 aliphatic heterocycles. The lowest BCUT2D eigenvalue weighted by Crippen LogP contribution is -2.31. The van der Waals surface area contributed by atoms with Gasteiger partial charge in [-0.25, -0.2) is 0 Å². The van der Waals surface area contributed by atoms with Crippen molar-refractivity contribution in [1.29, 1.82) is 0 Å². The summed E-state index contributed by atoms with van der Waals surface area (Å²) >= 11 is 0. The van der Waals surface area contributed by atoms with E-state index in [4.69, 9.17) is 15.2 Å². The van der Waals surface area contributed by atoms with Gasteiger partial charge in [0.05, 0.1) is 13.2 Å². The highest BCUT2D eigenvalue weighted by atomic mass is 16.5. The van der Waals surface area contributed by atoms with Crippen LogP contribution in [0, 0.1) is 0 Å². The fourth-order valence-electron chi connectivity index (χ4n) is 1.71. The van der Waals surface area contributed by atoms with Crippen molar-refractivity contribution in [2.24, 2.45) is 5.73 Å². The zero-order chi connectivity index (χ0) is 12.5. The Balaban J connectivity index is 2.72. The summed E-state index contributed by atoms with van der Waals surface area (Å²) in [5, 5.41) is 3.36. The molecule has 96 valence electrons. The third kappa shape index (κ3) is 4.34. The Hall–Kier alpha value is -1.10. The lowest BCUT2D eigenvalue weighted by Gasteiger charge is -2.20. The van der Waals surface area contributed by atoms with Crippen LogP contribution >= 0.6 is 0 Å². The van der Waals surface area contributed by atoms with E-state index in [2.05, 4.69) is 5.32 Å². The van der Waals surface area contributed by atoms with Gasteiger partial charge in [-0.05, 0) is 13.0 Å². The number of nitrogens with one attached hydrogen (secondary N) is 1. The number of ether oxygens (including phenoxy) is 2. The molecular weight excluding hydrogens is 216 g/mol. The molecular formula is C13H22N2O2. The Morgan fingerprint density at radius 1 is 1.35 bits per heavy atom. The maximum absolute atomic E-state index is 5.79. The highest BCUT2D eigenvalue weighted by Crippen LogP contribution is 2.24. The molecule has 1 rings (SSSR count). The van der Waals surface area contributed by atoms with E-state index in [1.54, 1.807) is 7.11 Å². The Morgan fingerprint density at radius 2 is 2.12 bits per heavy atom. The van der Waals surface area contributed by atoms with Crippen LogP contribution in [-0.2, 0) is 4.74 Å². The van der Waals surface area contributed by atoms with Gasteiger partial charge in [-0.1, -0.05) is 18.2 Å². The van der Waals surface area contributed by atoms with E-state index < -0.39 is 0 Å². The molecule has 0 aliphatic carbocycles. The zero-order valence-electron chi connectivity index (χ0n) is 10.6. The van der Waals surface area contributed by atoms with Gasteiger partial charge in [0.25, 0.3) is 0 Å². The van der Waals surface area contributed by atoms with Crippen LogP contribution in [0.3, 0.4) is 0 Å². The van der Waals surface area contributed by atoms with Crippen LogP contribution in [0.1, 0.15) is 18.5 Å². The van der Waals surface area contributed by atoms with E-state index in [9.17, 15) is 0 Å². The lowest BCUT2D eigenvalue weighted by molar-refractivity contribution is 0.195. The Morgan fingerprint density at radius 3 is 2.76 bits per heavy atom. The summed E-state index contributed by atoms with van der Waals surface area (Å²) in [6, 6.07) is 8.09. The first kappa shape index (κ1) is 14.0. The van der Waals surface area contributed by atoms with Crippen LogP contribution in [0.2, 0.25) is 0 Å². The summed E-state index contributed by atoms with van der Waals surface area (Å²) in [5.41, 5.74) is 6.90. The van der Waals surface area contributed by atoms with Crippen LogP contribution in [0.5, 0.6) is 5.75 Å². The van der Waals surface area contributed by atoms with Gasteiger partial charge in [-0.15, -0.1) is 0 Å². The predicted molar refractivity (Wildman–Crippen MR) is 69.3 cm³/mol. The number of methoxy groups -OCH3 is 1. The van der Waals surface area contributed by atoms with Crippen molar-refractivity contribution in [2.75, 3.05) is 33.4 Å². The molecule has 1 atom stereocenters. The van der Waals surface area contributed by atoms with Gasteiger partial charge in [0.15, 0.2) is 0 Å². The molecule has 17 heavy (non-hydrogen) atoms. The number of rotatable bonds is 8. The largest absolute Gasteiger partial charge is 0.494 e. The molecule has 0 aliphatic rings. The predicted octanol–water partition coefficient (Wildman–Crippen LogP) is 1.32. The highest BCUT2D eigenvalue weighted by molar-refractivity contribution is 5.36. The van der Waals surface area contributed by atoms with Crippen LogP contribution < -0.4 is 15.8 Å². The maximum atomic E-state index is 5.79. The molecule has 0 amide bonds. The molecule has 4 heteroatoms. The molecule has 0 spiro atoms. The molecule has 1 aromatic rings. The van der Waals surface area contributed by atoms with E-state index in [1.807, 2.05) is 31.2 Å². The normalized spacial score (nSPS) is 12.4. The Bertz CT molecular complexity index is 318. The quantitative estimate of drug-likeness (QED) is 0.671. The molecule has 1 unspecified atom stereocenters. The maximum Gasteiger partial charge on any atom is 0.124 e. The fraction of sp³-hybridized carbons (Fsp3) is 0.538. The SMILES string of the molecule is CCOc1ccccc1C(CN)NCCOC. The molecule has 1 aromatic carbocycles. The topological polar surface area (TPSA) is 56.5 Å². The molecule has 0 radical (unpaired) electrons. The standard InChI is InChI=1S/C13H22N2O2/c1-3-17-13-7-5-4-6-11(13)12(10-14)15-8-9-16-2/h4-7,12,15H,3,8-10,14H2,1-2H3. The molecule has 0 aromatic heterocycles. The van der Waals surface area contributed by atoms with Crippen molar-refractivity contribution >= 4 is 0 Å². The number of benzene rings is 1. The van der Waals surface area contributed by atoms with Crippen molar-refractivity contribution in [3.05, 3.63) is 29.8 Å². The molecule has 4 nitrogen and oxygen atoms in total. The zero-order valence-corrected chi connectivity index (χ0v) is 10.6. The Labute approximate surface area is 103 Å². The third-order valence-electron chi connectivity index (χ3n) is 2.53. The first-order valence-electron chi connectivity index (χ1n) is 5.97. The average Bonchev–Trinajstić information content (AvgIpc) is 2.36. The number of hydrogen-bond donors (Lipinski definition) is 2. The second-order valence-electron chi connectivity index (χ2n) is 3.71. The third-order valence-corrected chi connectivity index (χ3v) is 2.53. The molecule has 0 heterocycles. The van der Waals surface area contributed by atoms with Crippen LogP contribution in [0.15, 0.2) is 24.3 Å². The summed E-state index contributed by atoms with van der Waals surface area (Å²) < 4.78 is 10.6. The number of para-hydroxylation sites is 1. The van der Waals surface area contributed by atoms with Crippen molar-refractivity contribution in [3.63, 3.8) is 0 Å². The summed E-state index contributed by atoms with van der Waals surface area (Å²) in [6.07, 6.45) is 0. The first-order valence-corrected chi connectivity index (χ1v) is 5.97. The smallest absolute Gasteiger partial charge is 0.124 e. The van der Waals surface area contributed by atoms with E-state index in [-0.39, 0.29) is 6.04 Å². The van der Waals surface area contributed by atoms with Crippen LogP contribution in [-0.4, -0.2) is 33.4 Å². The van der Waals surface area contributed by atoms with Crippen LogP contribution in [0.4, 0.5) is 0 Å². The van der Waals surface area contributed by atoms with Gasteiger partial charge in [0, 0.05) is 31.8 Å². The van der Waals surface area contributed by atoms with Crippen LogP contribution in [0.25, 0.3) is 0 Å².